The van der Waals surface area contributed by atoms with Crippen LogP contribution >= 0.6 is 7.82 Å². The third kappa shape index (κ3) is 43.3. The van der Waals surface area contributed by atoms with E-state index in [1.165, 1.54) is 167 Å². The molecule has 0 aliphatic carbocycles. The number of hydrogen-bond acceptors (Lipinski definition) is 6. The summed E-state index contributed by atoms with van der Waals surface area (Å²) in [6.45, 7) is 4.74. The smallest absolute Gasteiger partial charge is 0.268 e. The molecule has 0 saturated heterocycles. The molecule has 0 saturated carbocycles. The highest BCUT2D eigenvalue weighted by atomic mass is 31.2. The highest BCUT2D eigenvalue weighted by Gasteiger charge is 2.24. The minimum atomic E-state index is -4.57. The van der Waals surface area contributed by atoms with Crippen LogP contribution in [-0.2, 0) is 18.4 Å². The molecule has 8 nitrogen and oxygen atoms in total. The normalized spacial score (nSPS) is 14.3. The van der Waals surface area contributed by atoms with E-state index in [-0.39, 0.29) is 19.1 Å². The molecule has 0 aliphatic heterocycles. The number of carbonyl (C=O) groups excluding carboxylic acids is 1. The Morgan fingerprint density at radius 1 is 0.586 bits per heavy atom. The van der Waals surface area contributed by atoms with Crippen LogP contribution in [0.15, 0.2) is 12.2 Å². The molecule has 9 heteroatoms. The Labute approximate surface area is 361 Å². The molecule has 0 aromatic rings. The lowest BCUT2D eigenvalue weighted by Gasteiger charge is -2.30. The van der Waals surface area contributed by atoms with Gasteiger partial charge in [-0.3, -0.25) is 9.36 Å². The first-order chi connectivity index (χ1) is 28.0. The van der Waals surface area contributed by atoms with Gasteiger partial charge in [-0.15, -0.1) is 0 Å². The quantitative estimate of drug-likeness (QED) is 0.0273. The van der Waals surface area contributed by atoms with Gasteiger partial charge in [-0.2, -0.15) is 0 Å². The highest BCUT2D eigenvalue weighted by molar-refractivity contribution is 7.45. The Hall–Kier alpha value is -0.760. The number of nitrogens with one attached hydrogen (secondary N) is 1. The maximum atomic E-state index is 12.9. The lowest BCUT2D eigenvalue weighted by molar-refractivity contribution is -0.870. The zero-order chi connectivity index (χ0) is 42.8. The Kier molecular flexibility index (Phi) is 41.0. The molecule has 0 bridgehead atoms. The first kappa shape index (κ1) is 57.2. The van der Waals surface area contributed by atoms with E-state index in [0.717, 1.165) is 51.4 Å². The first-order valence-electron chi connectivity index (χ1n) is 25.0. The molecule has 58 heavy (non-hydrogen) atoms. The largest absolute Gasteiger partial charge is 0.756 e. The fraction of sp³-hybridized carbons (Fsp3) is 0.939. The molecule has 0 aromatic carbocycles. The summed E-state index contributed by atoms with van der Waals surface area (Å²) < 4.78 is 23.3. The number of likely N-dealkylation sites (N-methyl/N-ethyl adjacent to an activating group) is 1. The van der Waals surface area contributed by atoms with Crippen molar-refractivity contribution >= 4 is 13.7 Å². The number of phosphoric acid groups is 1. The van der Waals surface area contributed by atoms with E-state index in [9.17, 15) is 19.4 Å². The van der Waals surface area contributed by atoms with Crippen molar-refractivity contribution in [2.24, 2.45) is 0 Å². The van der Waals surface area contributed by atoms with E-state index >= 15 is 0 Å². The number of hydrogen-bond donors (Lipinski definition) is 2. The summed E-state index contributed by atoms with van der Waals surface area (Å²) in [6, 6.07) is -0.801. The van der Waals surface area contributed by atoms with Crippen LogP contribution in [0.3, 0.4) is 0 Å². The summed E-state index contributed by atoms with van der Waals surface area (Å²) in [5.41, 5.74) is 0. The second-order valence-electron chi connectivity index (χ2n) is 18.5. The predicted octanol–water partition coefficient (Wildman–Crippen LogP) is 13.7. The number of unbranched alkanes of at least 4 members (excludes halogenated alkanes) is 31. The van der Waals surface area contributed by atoms with Crippen LogP contribution < -0.4 is 10.2 Å². The molecule has 0 spiro atoms. The number of rotatable bonds is 46. The van der Waals surface area contributed by atoms with E-state index in [0.29, 0.717) is 23.9 Å². The topological polar surface area (TPSA) is 108 Å². The summed E-state index contributed by atoms with van der Waals surface area (Å²) in [5.74, 6) is -0.170. The van der Waals surface area contributed by atoms with Crippen LogP contribution in [0.4, 0.5) is 0 Å². The van der Waals surface area contributed by atoms with E-state index in [2.05, 4.69) is 31.3 Å². The van der Waals surface area contributed by atoms with Gasteiger partial charge >= 0.3 is 0 Å². The number of carbonyl (C=O) groups is 1. The molecule has 3 unspecified atom stereocenters. The van der Waals surface area contributed by atoms with Crippen molar-refractivity contribution in [2.75, 3.05) is 40.9 Å². The first-order valence-corrected chi connectivity index (χ1v) is 26.5. The van der Waals surface area contributed by atoms with E-state index in [4.69, 9.17) is 9.05 Å². The number of aliphatic hydroxyl groups excluding tert-OH is 1. The molecule has 2 N–H and O–H groups in total. The van der Waals surface area contributed by atoms with Crippen molar-refractivity contribution in [1.82, 2.24) is 5.32 Å². The van der Waals surface area contributed by atoms with Crippen molar-refractivity contribution in [3.05, 3.63) is 12.2 Å². The van der Waals surface area contributed by atoms with Crippen LogP contribution in [-0.4, -0.2) is 68.5 Å². The van der Waals surface area contributed by atoms with Crippen molar-refractivity contribution in [2.45, 2.75) is 257 Å². The molecule has 0 heterocycles. The molecule has 0 radical (unpaired) electrons. The molecular weight excluding hydrogens is 744 g/mol. The monoisotopic (exact) mass is 843 g/mol. The van der Waals surface area contributed by atoms with Gasteiger partial charge in [0.2, 0.25) is 5.91 Å². The third-order valence-electron chi connectivity index (χ3n) is 11.5. The molecule has 346 valence electrons. The number of quaternary nitrogens is 1. The van der Waals surface area contributed by atoms with Crippen LogP contribution in [0.5, 0.6) is 0 Å². The van der Waals surface area contributed by atoms with Gasteiger partial charge in [0.25, 0.3) is 7.82 Å². The van der Waals surface area contributed by atoms with Gasteiger partial charge in [-0.25, -0.2) is 0 Å². The highest BCUT2D eigenvalue weighted by Crippen LogP contribution is 2.38. The fourth-order valence-electron chi connectivity index (χ4n) is 7.51. The van der Waals surface area contributed by atoms with E-state index < -0.39 is 20.0 Å². The van der Waals surface area contributed by atoms with Crippen molar-refractivity contribution in [1.29, 1.82) is 0 Å². The Bertz CT molecular complexity index is 958. The Morgan fingerprint density at radius 3 is 1.34 bits per heavy atom. The zero-order valence-corrected chi connectivity index (χ0v) is 40.2. The minimum absolute atomic E-state index is 0.0127. The van der Waals surface area contributed by atoms with Gasteiger partial charge in [0.15, 0.2) is 0 Å². The molecule has 0 rings (SSSR count). The Morgan fingerprint density at radius 2 is 0.948 bits per heavy atom. The number of allylic oxidation sites excluding steroid dienone is 2. The van der Waals surface area contributed by atoms with Crippen LogP contribution in [0.2, 0.25) is 0 Å². The SMILES string of the molecule is CCCCCCCCCCC/C=C\CCCCCCCC(=O)NC(COP(=O)([O-])OCC[N+](C)(C)C)C(O)CCCCCCCCCCCCCCCCCCCC. The fourth-order valence-corrected chi connectivity index (χ4v) is 8.23. The molecule has 0 aliphatic rings. The maximum absolute atomic E-state index is 12.9. The van der Waals surface area contributed by atoms with E-state index in [1.54, 1.807) is 0 Å². The van der Waals surface area contributed by atoms with Crippen molar-refractivity contribution in [3.63, 3.8) is 0 Å². The number of nitrogens with zero attached hydrogens (tertiary/aromatic N) is 1. The van der Waals surface area contributed by atoms with Gasteiger partial charge in [0, 0.05) is 6.42 Å². The van der Waals surface area contributed by atoms with E-state index in [1.807, 2.05) is 21.1 Å². The summed E-state index contributed by atoms with van der Waals surface area (Å²) in [4.78, 5) is 25.4. The average Bonchev–Trinajstić information content (AvgIpc) is 3.17. The zero-order valence-electron chi connectivity index (χ0n) is 39.3. The second kappa shape index (κ2) is 41.6. The lowest BCUT2D eigenvalue weighted by Crippen LogP contribution is -2.46. The standard InChI is InChI=1S/C49H99N2O6P/c1-6-8-10-12-14-16-18-20-22-24-26-28-30-32-34-36-38-40-42-48(52)47(46-57-58(54,55)56-45-44-51(3,4)5)50-49(53)43-41-39-37-35-33-31-29-27-25-23-21-19-17-15-13-11-9-7-2/h27,29,47-48,52H,6-26,28,30-46H2,1-5H3,(H-,50,53,54,55)/b29-27-. The van der Waals surface area contributed by atoms with Gasteiger partial charge in [0.1, 0.15) is 13.2 Å². The van der Waals surface area contributed by atoms with Crippen LogP contribution in [0, 0.1) is 0 Å². The summed E-state index contributed by atoms with van der Waals surface area (Å²) in [6.07, 6.45) is 47.9. The summed E-state index contributed by atoms with van der Waals surface area (Å²) >= 11 is 0. The average molecular weight is 843 g/mol. The number of amides is 1. The van der Waals surface area contributed by atoms with Crippen LogP contribution in [0.25, 0.3) is 0 Å². The van der Waals surface area contributed by atoms with Crippen LogP contribution in [0.1, 0.15) is 245 Å². The summed E-state index contributed by atoms with van der Waals surface area (Å²) in [7, 11) is 1.31. The van der Waals surface area contributed by atoms with Gasteiger partial charge in [-0.1, -0.05) is 212 Å². The van der Waals surface area contributed by atoms with Gasteiger partial charge in [-0.05, 0) is 38.5 Å². The van der Waals surface area contributed by atoms with Crippen molar-refractivity contribution < 1.29 is 32.9 Å². The molecule has 1 amide bonds. The maximum Gasteiger partial charge on any atom is 0.268 e. The predicted molar refractivity (Wildman–Crippen MR) is 247 cm³/mol. The molecule has 3 atom stereocenters. The van der Waals surface area contributed by atoms with Gasteiger partial charge in [0.05, 0.1) is 39.9 Å². The lowest BCUT2D eigenvalue weighted by atomic mass is 10.0. The molecular formula is C49H99N2O6P. The summed E-state index contributed by atoms with van der Waals surface area (Å²) in [5, 5.41) is 14.0. The van der Waals surface area contributed by atoms with Gasteiger partial charge < -0.3 is 28.8 Å². The molecule has 0 fully saturated rings. The second-order valence-corrected chi connectivity index (χ2v) is 19.9. The Balaban J connectivity index is 4.28. The molecule has 0 aromatic heterocycles. The number of aliphatic hydroxyl groups is 1. The minimum Gasteiger partial charge on any atom is -0.756 e. The number of phosphoric ester groups is 1. The van der Waals surface area contributed by atoms with Crippen molar-refractivity contribution in [3.8, 4) is 0 Å². The third-order valence-corrected chi connectivity index (χ3v) is 12.5.